The molecule has 0 aromatic carbocycles. The van der Waals surface area contributed by atoms with Crippen molar-refractivity contribution in [1.82, 2.24) is 10.3 Å². The first-order valence-electron chi connectivity index (χ1n) is 4.54. The highest BCUT2D eigenvalue weighted by atomic mass is 35.5. The smallest absolute Gasteiger partial charge is 0.147 e. The molecule has 0 unspecified atom stereocenters. The summed E-state index contributed by atoms with van der Waals surface area (Å²) in [7, 11) is 5.78. The Balaban J connectivity index is 3.10. The molecule has 78 valence electrons. The number of hydrogen-bond acceptors (Lipinski definition) is 3. The fourth-order valence-electron chi connectivity index (χ4n) is 1.29. The summed E-state index contributed by atoms with van der Waals surface area (Å²) in [5.74, 6) is 0.823. The number of rotatable bonds is 3. The van der Waals surface area contributed by atoms with Crippen molar-refractivity contribution >= 4 is 17.4 Å². The summed E-state index contributed by atoms with van der Waals surface area (Å²) in [5, 5.41) is 3.79. The number of halogens is 1. The van der Waals surface area contributed by atoms with Crippen molar-refractivity contribution in [3.05, 3.63) is 22.3 Å². The molecule has 0 amide bonds. The second kappa shape index (κ2) is 4.62. The molecule has 0 bridgehead atoms. The molecule has 0 saturated heterocycles. The fourth-order valence-corrected chi connectivity index (χ4v) is 1.63. The van der Waals surface area contributed by atoms with Crippen LogP contribution in [0.2, 0.25) is 5.02 Å². The van der Waals surface area contributed by atoms with E-state index in [9.17, 15) is 0 Å². The Bertz CT molecular complexity index is 323. The van der Waals surface area contributed by atoms with Crippen LogP contribution in [0.4, 0.5) is 5.82 Å². The van der Waals surface area contributed by atoms with Crippen LogP contribution >= 0.6 is 11.6 Å². The van der Waals surface area contributed by atoms with Gasteiger partial charge in [-0.1, -0.05) is 11.6 Å². The van der Waals surface area contributed by atoms with E-state index in [0.717, 1.165) is 23.6 Å². The number of hydrogen-bond donors (Lipinski definition) is 1. The van der Waals surface area contributed by atoms with Gasteiger partial charge in [0, 0.05) is 26.3 Å². The highest BCUT2D eigenvalue weighted by molar-refractivity contribution is 6.33. The van der Waals surface area contributed by atoms with Gasteiger partial charge in [-0.2, -0.15) is 0 Å². The molecule has 1 N–H and O–H groups in total. The standard InChI is InChI=1S/C10H16ClN3/c1-7-8(6-12-2)5-9(11)10(13-7)14(3)4/h5,12H,6H2,1-4H3. The molecule has 14 heavy (non-hydrogen) atoms. The predicted octanol–water partition coefficient (Wildman–Crippen LogP) is 1.83. The van der Waals surface area contributed by atoms with Crippen molar-refractivity contribution in [2.75, 3.05) is 26.0 Å². The normalized spacial score (nSPS) is 10.4. The topological polar surface area (TPSA) is 28.2 Å². The van der Waals surface area contributed by atoms with E-state index in [4.69, 9.17) is 11.6 Å². The molecule has 0 radical (unpaired) electrons. The lowest BCUT2D eigenvalue weighted by atomic mass is 10.2. The summed E-state index contributed by atoms with van der Waals surface area (Å²) in [5.41, 5.74) is 2.16. The Morgan fingerprint density at radius 3 is 2.64 bits per heavy atom. The van der Waals surface area contributed by atoms with E-state index in [1.54, 1.807) is 0 Å². The minimum absolute atomic E-state index is 0.700. The molecule has 0 fully saturated rings. The first-order chi connectivity index (χ1) is 6.56. The summed E-state index contributed by atoms with van der Waals surface area (Å²) < 4.78 is 0. The lowest BCUT2D eigenvalue weighted by Crippen LogP contribution is -2.14. The first-order valence-corrected chi connectivity index (χ1v) is 4.92. The summed E-state index contributed by atoms with van der Waals surface area (Å²) in [6.45, 7) is 2.79. The third-order valence-corrected chi connectivity index (χ3v) is 2.32. The molecule has 0 aliphatic rings. The number of aryl methyl sites for hydroxylation is 1. The maximum Gasteiger partial charge on any atom is 0.147 e. The van der Waals surface area contributed by atoms with E-state index in [0.29, 0.717) is 5.02 Å². The number of anilines is 1. The quantitative estimate of drug-likeness (QED) is 0.831. The van der Waals surface area contributed by atoms with Crippen LogP contribution in [0.3, 0.4) is 0 Å². The van der Waals surface area contributed by atoms with Gasteiger partial charge in [0.25, 0.3) is 0 Å². The zero-order valence-electron chi connectivity index (χ0n) is 9.06. The second-order valence-corrected chi connectivity index (χ2v) is 3.87. The monoisotopic (exact) mass is 213 g/mol. The number of aromatic nitrogens is 1. The van der Waals surface area contributed by atoms with Crippen molar-refractivity contribution in [3.8, 4) is 0 Å². The Morgan fingerprint density at radius 1 is 1.50 bits per heavy atom. The van der Waals surface area contributed by atoms with Crippen molar-refractivity contribution in [2.24, 2.45) is 0 Å². The highest BCUT2D eigenvalue weighted by Gasteiger charge is 2.08. The van der Waals surface area contributed by atoms with Crippen molar-refractivity contribution < 1.29 is 0 Å². The minimum Gasteiger partial charge on any atom is -0.362 e. The molecule has 1 aromatic heterocycles. The van der Waals surface area contributed by atoms with Gasteiger partial charge in [0.05, 0.1) is 5.02 Å². The number of nitrogens with zero attached hydrogens (tertiary/aromatic N) is 2. The molecule has 1 aromatic rings. The van der Waals surface area contributed by atoms with Crippen molar-refractivity contribution in [1.29, 1.82) is 0 Å². The van der Waals surface area contributed by atoms with Crippen LogP contribution in [-0.4, -0.2) is 26.1 Å². The van der Waals surface area contributed by atoms with Gasteiger partial charge >= 0.3 is 0 Å². The summed E-state index contributed by atoms with van der Waals surface area (Å²) >= 11 is 6.10. The lowest BCUT2D eigenvalue weighted by Gasteiger charge is -2.15. The third kappa shape index (κ3) is 2.36. The SMILES string of the molecule is CNCc1cc(Cl)c(N(C)C)nc1C. The molecule has 1 heterocycles. The van der Waals surface area contributed by atoms with Gasteiger partial charge < -0.3 is 10.2 Å². The molecule has 4 heteroatoms. The van der Waals surface area contributed by atoms with Gasteiger partial charge in [-0.15, -0.1) is 0 Å². The maximum atomic E-state index is 6.10. The molecular weight excluding hydrogens is 198 g/mol. The van der Waals surface area contributed by atoms with Gasteiger partial charge in [-0.3, -0.25) is 0 Å². The van der Waals surface area contributed by atoms with Crippen molar-refractivity contribution in [2.45, 2.75) is 13.5 Å². The molecular formula is C10H16ClN3. The Labute approximate surface area is 90.1 Å². The minimum atomic E-state index is 0.700. The molecule has 0 aliphatic heterocycles. The van der Waals surface area contributed by atoms with E-state index in [1.165, 1.54) is 0 Å². The molecule has 0 atom stereocenters. The van der Waals surface area contributed by atoms with Gasteiger partial charge in [-0.25, -0.2) is 4.98 Å². The Morgan fingerprint density at radius 2 is 2.14 bits per heavy atom. The largest absolute Gasteiger partial charge is 0.362 e. The first kappa shape index (κ1) is 11.3. The lowest BCUT2D eigenvalue weighted by molar-refractivity contribution is 0.803. The molecule has 0 saturated carbocycles. The van der Waals surface area contributed by atoms with Crippen LogP contribution in [0.1, 0.15) is 11.3 Å². The average molecular weight is 214 g/mol. The molecule has 1 rings (SSSR count). The van der Waals surface area contributed by atoms with Crippen LogP contribution in [0, 0.1) is 6.92 Å². The van der Waals surface area contributed by atoms with Gasteiger partial charge in [-0.05, 0) is 25.6 Å². The van der Waals surface area contributed by atoms with Gasteiger partial charge in [0.15, 0.2) is 0 Å². The number of nitrogens with one attached hydrogen (secondary N) is 1. The van der Waals surface area contributed by atoms with Crippen molar-refractivity contribution in [3.63, 3.8) is 0 Å². The second-order valence-electron chi connectivity index (χ2n) is 3.46. The van der Waals surface area contributed by atoms with E-state index in [1.807, 2.05) is 39.0 Å². The van der Waals surface area contributed by atoms with Crippen LogP contribution in [0.25, 0.3) is 0 Å². The maximum absolute atomic E-state index is 6.10. The Hall–Kier alpha value is -0.800. The van der Waals surface area contributed by atoms with E-state index < -0.39 is 0 Å². The van der Waals surface area contributed by atoms with Crippen LogP contribution < -0.4 is 10.2 Å². The summed E-state index contributed by atoms with van der Waals surface area (Å²) in [4.78, 5) is 6.36. The van der Waals surface area contributed by atoms with E-state index in [2.05, 4.69) is 10.3 Å². The highest BCUT2D eigenvalue weighted by Crippen LogP contribution is 2.24. The molecule has 0 aliphatic carbocycles. The summed E-state index contributed by atoms with van der Waals surface area (Å²) in [6, 6.07) is 1.97. The van der Waals surface area contributed by atoms with E-state index in [-0.39, 0.29) is 0 Å². The number of pyridine rings is 1. The Kier molecular flexibility index (Phi) is 3.72. The molecule has 0 spiro atoms. The molecule has 3 nitrogen and oxygen atoms in total. The predicted molar refractivity (Wildman–Crippen MR) is 61.1 cm³/mol. The average Bonchev–Trinajstić information content (AvgIpc) is 2.10. The van der Waals surface area contributed by atoms with Crippen LogP contribution in [-0.2, 0) is 6.54 Å². The fraction of sp³-hybridized carbons (Fsp3) is 0.500. The van der Waals surface area contributed by atoms with Crippen LogP contribution in [0.15, 0.2) is 6.07 Å². The van der Waals surface area contributed by atoms with Crippen LogP contribution in [0.5, 0.6) is 0 Å². The zero-order chi connectivity index (χ0) is 10.7. The summed E-state index contributed by atoms with van der Waals surface area (Å²) in [6.07, 6.45) is 0. The zero-order valence-corrected chi connectivity index (χ0v) is 9.81. The van der Waals surface area contributed by atoms with Gasteiger partial charge in [0.1, 0.15) is 5.82 Å². The third-order valence-electron chi connectivity index (χ3n) is 2.04. The van der Waals surface area contributed by atoms with Gasteiger partial charge in [0.2, 0.25) is 0 Å². The van der Waals surface area contributed by atoms with E-state index >= 15 is 0 Å².